The van der Waals surface area contributed by atoms with Crippen LogP contribution in [0, 0.1) is 17.1 Å². The Labute approximate surface area is 196 Å². The summed E-state index contributed by atoms with van der Waals surface area (Å²) in [6, 6.07) is 10.7. The van der Waals surface area contributed by atoms with E-state index in [-0.39, 0.29) is 20.3 Å². The molecule has 1 heterocycles. The Balaban J connectivity index is 2.44. The van der Waals surface area contributed by atoms with Gasteiger partial charge in [-0.05, 0) is 36.3 Å². The Morgan fingerprint density at radius 2 is 1.79 bits per heavy atom. The summed E-state index contributed by atoms with van der Waals surface area (Å²) in [5.74, 6) is -0.859. The lowest BCUT2D eigenvalue weighted by molar-refractivity contribution is 0.402. The maximum atomic E-state index is 14.7. The van der Waals surface area contributed by atoms with Crippen molar-refractivity contribution in [3.05, 3.63) is 71.2 Å². The van der Waals surface area contributed by atoms with E-state index in [2.05, 4.69) is 5.10 Å². The third-order valence-corrected chi connectivity index (χ3v) is 8.60. The van der Waals surface area contributed by atoms with Crippen molar-refractivity contribution < 1.29 is 21.2 Å². The van der Waals surface area contributed by atoms with Crippen LogP contribution in [0.25, 0.3) is 10.9 Å². The van der Waals surface area contributed by atoms with Gasteiger partial charge in [-0.25, -0.2) is 21.2 Å². The molecule has 3 rings (SSSR count). The largest absolute Gasteiger partial charge is 0.250 e. The lowest BCUT2D eigenvalue weighted by atomic mass is 9.86. The number of sulfonamides is 2. The van der Waals surface area contributed by atoms with Crippen LogP contribution < -0.4 is 3.71 Å². The summed E-state index contributed by atoms with van der Waals surface area (Å²) in [7, 11) is -8.63. The van der Waals surface area contributed by atoms with Gasteiger partial charge in [0.1, 0.15) is 11.4 Å². The molecule has 0 saturated carbocycles. The molecule has 0 N–H and O–H groups in total. The highest BCUT2D eigenvalue weighted by molar-refractivity contribution is 8.09. The number of nitrogens with zero attached hydrogens (tertiary/aromatic N) is 4. The zero-order chi connectivity index (χ0) is 24.6. The summed E-state index contributed by atoms with van der Waals surface area (Å²) in [5.41, 5.74) is -0.637. The van der Waals surface area contributed by atoms with Crippen LogP contribution in [0.2, 0.25) is 5.02 Å². The Morgan fingerprint density at radius 3 is 2.30 bits per heavy atom. The Bertz CT molecular complexity index is 1460. The molecule has 33 heavy (non-hydrogen) atoms. The van der Waals surface area contributed by atoms with E-state index in [1.807, 2.05) is 13.0 Å². The standard InChI is InChI=1S/C21H20ClFN4O4S2/c1-4-21(10-5-11-24,15-6-8-16(22)9-7-15)26-19-12-17(23)13-20(18(19)14-25-26)27(32(2,28)29)33(3,30)31/h5-10,12-14H,4H2,1-3H3/b10-5+. The van der Waals surface area contributed by atoms with Crippen molar-refractivity contribution in [1.82, 2.24) is 9.78 Å². The van der Waals surface area contributed by atoms with Crippen LogP contribution >= 0.6 is 11.6 Å². The lowest BCUT2D eigenvalue weighted by Gasteiger charge is -2.32. The normalized spacial score (nSPS) is 14.3. The van der Waals surface area contributed by atoms with Crippen molar-refractivity contribution in [2.45, 2.75) is 18.9 Å². The number of halogens is 2. The van der Waals surface area contributed by atoms with Crippen molar-refractivity contribution >= 4 is 48.2 Å². The van der Waals surface area contributed by atoms with Crippen LogP contribution in [0.4, 0.5) is 10.1 Å². The first kappa shape index (κ1) is 24.7. The fraction of sp³-hybridized carbons (Fsp3) is 0.238. The highest BCUT2D eigenvalue weighted by atomic mass is 35.5. The molecule has 0 aliphatic heterocycles. The number of hydrogen-bond donors (Lipinski definition) is 0. The number of rotatable bonds is 7. The van der Waals surface area contributed by atoms with E-state index >= 15 is 0 Å². The van der Waals surface area contributed by atoms with Gasteiger partial charge in [0, 0.05) is 22.6 Å². The van der Waals surface area contributed by atoms with Crippen molar-refractivity contribution in [3.63, 3.8) is 0 Å². The Hall–Kier alpha value is -2.94. The van der Waals surface area contributed by atoms with E-state index in [1.165, 1.54) is 17.0 Å². The quantitative estimate of drug-likeness (QED) is 0.447. The second kappa shape index (κ2) is 8.78. The van der Waals surface area contributed by atoms with E-state index in [9.17, 15) is 26.5 Å². The minimum atomic E-state index is -4.32. The SMILES string of the molecule is CCC(/C=C/C#N)(c1ccc(Cl)cc1)n1ncc2c(N(S(C)(=O)=O)S(C)(=O)=O)cc(F)cc21. The molecule has 1 unspecified atom stereocenters. The molecule has 2 aromatic carbocycles. The predicted octanol–water partition coefficient (Wildman–Crippen LogP) is 3.79. The van der Waals surface area contributed by atoms with Gasteiger partial charge in [-0.1, -0.05) is 30.7 Å². The number of fused-ring (bicyclic) bond motifs is 1. The molecular weight excluding hydrogens is 491 g/mol. The van der Waals surface area contributed by atoms with Gasteiger partial charge in [0.25, 0.3) is 0 Å². The number of aromatic nitrogens is 2. The Kier molecular flexibility index (Phi) is 6.57. The van der Waals surface area contributed by atoms with Gasteiger partial charge in [0.15, 0.2) is 0 Å². The monoisotopic (exact) mass is 510 g/mol. The third-order valence-electron chi connectivity index (χ3n) is 5.13. The summed E-state index contributed by atoms with van der Waals surface area (Å²) in [4.78, 5) is 0. The first-order chi connectivity index (χ1) is 15.3. The maximum Gasteiger partial charge on any atom is 0.245 e. The van der Waals surface area contributed by atoms with Crippen LogP contribution in [0.5, 0.6) is 0 Å². The van der Waals surface area contributed by atoms with Crippen molar-refractivity contribution in [2.75, 3.05) is 16.2 Å². The van der Waals surface area contributed by atoms with E-state index in [4.69, 9.17) is 11.6 Å². The molecule has 0 aliphatic carbocycles. The summed E-state index contributed by atoms with van der Waals surface area (Å²) in [6.07, 6.45) is 5.94. The molecule has 0 saturated heterocycles. The van der Waals surface area contributed by atoms with Gasteiger partial charge in [0.05, 0.1) is 36.0 Å². The highest BCUT2D eigenvalue weighted by Gasteiger charge is 2.35. The molecule has 12 heteroatoms. The molecular formula is C21H20ClFN4O4S2. The topological polar surface area (TPSA) is 113 Å². The van der Waals surface area contributed by atoms with Gasteiger partial charge in [0.2, 0.25) is 20.0 Å². The molecule has 8 nitrogen and oxygen atoms in total. The van der Waals surface area contributed by atoms with E-state index in [0.29, 0.717) is 17.0 Å². The van der Waals surface area contributed by atoms with Gasteiger partial charge in [-0.3, -0.25) is 4.68 Å². The molecule has 0 fully saturated rings. The second-order valence-electron chi connectivity index (χ2n) is 7.38. The zero-order valence-corrected chi connectivity index (χ0v) is 20.3. The lowest BCUT2D eigenvalue weighted by Crippen LogP contribution is -2.35. The number of benzene rings is 2. The van der Waals surface area contributed by atoms with Crippen molar-refractivity contribution in [2.24, 2.45) is 0 Å². The average molecular weight is 511 g/mol. The summed E-state index contributed by atoms with van der Waals surface area (Å²) in [6.45, 7) is 1.84. The minimum absolute atomic E-state index is 0.101. The van der Waals surface area contributed by atoms with Crippen LogP contribution in [-0.2, 0) is 25.6 Å². The van der Waals surface area contributed by atoms with Gasteiger partial charge in [-0.15, -0.1) is 0 Å². The number of allylic oxidation sites excluding steroid dienone is 2. The van der Waals surface area contributed by atoms with Crippen molar-refractivity contribution in [1.29, 1.82) is 5.26 Å². The average Bonchev–Trinajstić information content (AvgIpc) is 3.12. The first-order valence-corrected chi connectivity index (χ1v) is 13.6. The van der Waals surface area contributed by atoms with Crippen LogP contribution in [0.3, 0.4) is 0 Å². The fourth-order valence-electron chi connectivity index (χ4n) is 3.82. The molecule has 0 bridgehead atoms. The smallest absolute Gasteiger partial charge is 0.245 e. The highest BCUT2D eigenvalue weighted by Crippen LogP contribution is 2.38. The summed E-state index contributed by atoms with van der Waals surface area (Å²) in [5, 5.41) is 14.1. The molecule has 3 aromatic rings. The van der Waals surface area contributed by atoms with E-state index in [1.54, 1.807) is 30.3 Å². The molecule has 0 radical (unpaired) electrons. The van der Waals surface area contributed by atoms with Crippen LogP contribution in [0.15, 0.2) is 54.7 Å². The van der Waals surface area contributed by atoms with E-state index < -0.39 is 31.4 Å². The van der Waals surface area contributed by atoms with Crippen molar-refractivity contribution in [3.8, 4) is 6.07 Å². The van der Waals surface area contributed by atoms with Gasteiger partial charge < -0.3 is 0 Å². The molecule has 1 atom stereocenters. The van der Waals surface area contributed by atoms with Crippen LogP contribution in [0.1, 0.15) is 18.9 Å². The fourth-order valence-corrected chi connectivity index (χ4v) is 6.93. The maximum absolute atomic E-state index is 14.7. The zero-order valence-electron chi connectivity index (χ0n) is 17.9. The molecule has 0 amide bonds. The molecule has 0 aliphatic rings. The first-order valence-electron chi connectivity index (χ1n) is 9.56. The summed E-state index contributed by atoms with van der Waals surface area (Å²) >= 11 is 6.03. The van der Waals surface area contributed by atoms with Crippen LogP contribution in [-0.4, -0.2) is 39.1 Å². The number of anilines is 1. The third kappa shape index (κ3) is 4.59. The second-order valence-corrected chi connectivity index (χ2v) is 11.7. The minimum Gasteiger partial charge on any atom is -0.250 e. The van der Waals surface area contributed by atoms with E-state index in [0.717, 1.165) is 24.6 Å². The number of hydrogen-bond acceptors (Lipinski definition) is 6. The van der Waals surface area contributed by atoms with Gasteiger partial charge >= 0.3 is 0 Å². The Morgan fingerprint density at radius 1 is 1.18 bits per heavy atom. The van der Waals surface area contributed by atoms with Gasteiger partial charge in [-0.2, -0.15) is 14.1 Å². The summed E-state index contributed by atoms with van der Waals surface area (Å²) < 4.78 is 65.7. The molecule has 1 aromatic heterocycles. The molecule has 0 spiro atoms. The molecule has 174 valence electrons. The number of nitriles is 1. The predicted molar refractivity (Wildman–Crippen MR) is 125 cm³/mol.